The standard InChI is InChI=1S/C17H27NO2/c1-16(2)14-18(10-9-17(16,3)19)11-12-20-13-15-7-5-4-6-8-15/h4-8,19H,9-14H2,1-3H3/t17-/m1/s1. The maximum absolute atomic E-state index is 10.4. The van der Waals surface area contributed by atoms with Gasteiger partial charge in [-0.2, -0.15) is 0 Å². The number of benzene rings is 1. The Morgan fingerprint density at radius 2 is 1.90 bits per heavy atom. The molecule has 1 aliphatic rings. The normalized spacial score (nSPS) is 26.6. The number of piperidine rings is 1. The topological polar surface area (TPSA) is 32.7 Å². The first-order valence-electron chi connectivity index (χ1n) is 7.47. The zero-order valence-corrected chi connectivity index (χ0v) is 12.9. The summed E-state index contributed by atoms with van der Waals surface area (Å²) in [6.45, 7) is 10.5. The molecule has 1 atom stereocenters. The highest BCUT2D eigenvalue weighted by molar-refractivity contribution is 5.13. The van der Waals surface area contributed by atoms with E-state index in [-0.39, 0.29) is 5.41 Å². The molecule has 1 aromatic rings. The summed E-state index contributed by atoms with van der Waals surface area (Å²) < 4.78 is 5.74. The Hall–Kier alpha value is -0.900. The average molecular weight is 277 g/mol. The van der Waals surface area contributed by atoms with Gasteiger partial charge in [0.1, 0.15) is 0 Å². The Morgan fingerprint density at radius 1 is 1.20 bits per heavy atom. The Labute approximate surface area is 122 Å². The van der Waals surface area contributed by atoms with E-state index in [2.05, 4.69) is 30.9 Å². The number of rotatable bonds is 5. The fraction of sp³-hybridized carbons (Fsp3) is 0.647. The van der Waals surface area contributed by atoms with Crippen LogP contribution in [0.5, 0.6) is 0 Å². The van der Waals surface area contributed by atoms with E-state index in [4.69, 9.17) is 4.74 Å². The number of aliphatic hydroxyl groups is 1. The van der Waals surface area contributed by atoms with Gasteiger partial charge in [-0.15, -0.1) is 0 Å². The van der Waals surface area contributed by atoms with Crippen LogP contribution in [0.2, 0.25) is 0 Å². The molecule has 1 fully saturated rings. The van der Waals surface area contributed by atoms with E-state index in [1.165, 1.54) is 5.56 Å². The Bertz CT molecular complexity index is 414. The summed E-state index contributed by atoms with van der Waals surface area (Å²) in [5.41, 5.74) is 0.591. The molecule has 1 aliphatic heterocycles. The van der Waals surface area contributed by atoms with E-state index in [1.807, 2.05) is 25.1 Å². The SMILES string of the molecule is CC1(C)CN(CCOCc2ccccc2)CC[C@@]1(C)O. The lowest BCUT2D eigenvalue weighted by molar-refractivity contribution is -0.108. The van der Waals surface area contributed by atoms with Crippen molar-refractivity contribution in [3.05, 3.63) is 35.9 Å². The summed E-state index contributed by atoms with van der Waals surface area (Å²) in [4.78, 5) is 2.39. The van der Waals surface area contributed by atoms with Gasteiger partial charge in [-0.05, 0) is 18.9 Å². The molecule has 0 unspecified atom stereocenters. The molecule has 112 valence electrons. The van der Waals surface area contributed by atoms with Crippen LogP contribution in [0.3, 0.4) is 0 Å². The van der Waals surface area contributed by atoms with Crippen molar-refractivity contribution in [2.75, 3.05) is 26.2 Å². The van der Waals surface area contributed by atoms with Crippen molar-refractivity contribution in [3.63, 3.8) is 0 Å². The lowest BCUT2D eigenvalue weighted by Gasteiger charge is -2.48. The fourth-order valence-corrected chi connectivity index (χ4v) is 2.67. The lowest BCUT2D eigenvalue weighted by Crippen LogP contribution is -2.56. The number of hydrogen-bond acceptors (Lipinski definition) is 3. The fourth-order valence-electron chi connectivity index (χ4n) is 2.67. The van der Waals surface area contributed by atoms with Crippen LogP contribution in [-0.2, 0) is 11.3 Å². The first-order valence-corrected chi connectivity index (χ1v) is 7.47. The quantitative estimate of drug-likeness (QED) is 0.840. The molecule has 2 rings (SSSR count). The van der Waals surface area contributed by atoms with E-state index >= 15 is 0 Å². The van der Waals surface area contributed by atoms with Crippen molar-refractivity contribution in [1.29, 1.82) is 0 Å². The summed E-state index contributed by atoms with van der Waals surface area (Å²) in [5, 5.41) is 10.4. The second-order valence-corrected chi connectivity index (χ2v) is 6.72. The van der Waals surface area contributed by atoms with Gasteiger partial charge in [0.15, 0.2) is 0 Å². The zero-order valence-electron chi connectivity index (χ0n) is 12.9. The van der Waals surface area contributed by atoms with E-state index in [0.717, 1.165) is 32.7 Å². The molecule has 0 spiro atoms. The molecule has 20 heavy (non-hydrogen) atoms. The van der Waals surface area contributed by atoms with Gasteiger partial charge < -0.3 is 14.7 Å². The molecule has 0 aromatic heterocycles. The number of hydrogen-bond donors (Lipinski definition) is 1. The van der Waals surface area contributed by atoms with Crippen LogP contribution in [0, 0.1) is 5.41 Å². The molecule has 0 bridgehead atoms. The maximum Gasteiger partial charge on any atom is 0.0717 e. The Balaban J connectivity index is 1.71. The van der Waals surface area contributed by atoms with Crippen molar-refractivity contribution >= 4 is 0 Å². The average Bonchev–Trinajstić information content (AvgIpc) is 2.40. The van der Waals surface area contributed by atoms with Gasteiger partial charge in [0, 0.05) is 25.0 Å². The summed E-state index contributed by atoms with van der Waals surface area (Å²) in [5.74, 6) is 0. The Morgan fingerprint density at radius 3 is 2.55 bits per heavy atom. The molecule has 3 nitrogen and oxygen atoms in total. The van der Waals surface area contributed by atoms with Gasteiger partial charge in [-0.1, -0.05) is 44.2 Å². The molecule has 3 heteroatoms. The van der Waals surface area contributed by atoms with Gasteiger partial charge in [0.25, 0.3) is 0 Å². The van der Waals surface area contributed by atoms with E-state index in [1.54, 1.807) is 0 Å². The first-order chi connectivity index (χ1) is 9.41. The minimum Gasteiger partial charge on any atom is -0.390 e. The summed E-state index contributed by atoms with van der Waals surface area (Å²) in [6, 6.07) is 10.3. The molecule has 0 saturated carbocycles. The van der Waals surface area contributed by atoms with Gasteiger partial charge in [0.2, 0.25) is 0 Å². The zero-order chi connectivity index (χ0) is 14.6. The minimum atomic E-state index is -0.561. The van der Waals surface area contributed by atoms with Crippen molar-refractivity contribution < 1.29 is 9.84 Å². The number of likely N-dealkylation sites (tertiary alicyclic amines) is 1. The minimum absolute atomic E-state index is 0.0648. The third-order valence-electron chi connectivity index (χ3n) is 4.66. The van der Waals surface area contributed by atoms with Crippen LogP contribution in [0.4, 0.5) is 0 Å². The van der Waals surface area contributed by atoms with Crippen LogP contribution in [0.15, 0.2) is 30.3 Å². The summed E-state index contributed by atoms with van der Waals surface area (Å²) in [7, 11) is 0. The summed E-state index contributed by atoms with van der Waals surface area (Å²) in [6.07, 6.45) is 0.832. The van der Waals surface area contributed by atoms with E-state index < -0.39 is 5.60 Å². The van der Waals surface area contributed by atoms with Crippen molar-refractivity contribution in [1.82, 2.24) is 4.90 Å². The highest BCUT2D eigenvalue weighted by atomic mass is 16.5. The van der Waals surface area contributed by atoms with Gasteiger partial charge >= 0.3 is 0 Å². The Kier molecular flexibility index (Phi) is 4.84. The number of nitrogens with zero attached hydrogens (tertiary/aromatic N) is 1. The molecule has 1 saturated heterocycles. The van der Waals surface area contributed by atoms with Gasteiger partial charge in [-0.25, -0.2) is 0 Å². The third-order valence-corrected chi connectivity index (χ3v) is 4.66. The van der Waals surface area contributed by atoms with Crippen LogP contribution < -0.4 is 0 Å². The second-order valence-electron chi connectivity index (χ2n) is 6.72. The molecular weight excluding hydrogens is 250 g/mol. The van der Waals surface area contributed by atoms with Crippen LogP contribution in [-0.4, -0.2) is 41.8 Å². The smallest absolute Gasteiger partial charge is 0.0717 e. The van der Waals surface area contributed by atoms with Gasteiger partial charge in [-0.3, -0.25) is 0 Å². The molecule has 0 radical (unpaired) electrons. The molecule has 1 heterocycles. The monoisotopic (exact) mass is 277 g/mol. The van der Waals surface area contributed by atoms with Crippen LogP contribution >= 0.6 is 0 Å². The predicted molar refractivity (Wildman–Crippen MR) is 81.6 cm³/mol. The molecule has 1 N–H and O–H groups in total. The lowest BCUT2D eigenvalue weighted by atomic mass is 9.71. The van der Waals surface area contributed by atoms with Crippen LogP contribution in [0.1, 0.15) is 32.8 Å². The highest BCUT2D eigenvalue weighted by Crippen LogP contribution is 2.37. The largest absolute Gasteiger partial charge is 0.390 e. The molecular formula is C17H27NO2. The van der Waals surface area contributed by atoms with E-state index in [0.29, 0.717) is 6.61 Å². The van der Waals surface area contributed by atoms with Crippen molar-refractivity contribution in [2.45, 2.75) is 39.4 Å². The third kappa shape index (κ3) is 3.81. The molecule has 0 aliphatic carbocycles. The molecule has 0 amide bonds. The van der Waals surface area contributed by atoms with Crippen molar-refractivity contribution in [3.8, 4) is 0 Å². The number of ether oxygens (including phenoxy) is 1. The second kappa shape index (κ2) is 6.25. The van der Waals surface area contributed by atoms with Gasteiger partial charge in [0.05, 0.1) is 18.8 Å². The summed E-state index contributed by atoms with van der Waals surface area (Å²) >= 11 is 0. The maximum atomic E-state index is 10.4. The van der Waals surface area contributed by atoms with Crippen molar-refractivity contribution in [2.24, 2.45) is 5.41 Å². The molecule has 1 aromatic carbocycles. The van der Waals surface area contributed by atoms with E-state index in [9.17, 15) is 5.11 Å². The highest BCUT2D eigenvalue weighted by Gasteiger charge is 2.43. The first kappa shape index (κ1) is 15.5. The predicted octanol–water partition coefficient (Wildman–Crippen LogP) is 2.69. The van der Waals surface area contributed by atoms with Crippen LogP contribution in [0.25, 0.3) is 0 Å².